The SMILES string of the molecule is CC1CCN(Cc2csc(NC(=O)c3cnc4c(c3)c(=O)n(C)c(=O)n4C)n2)CC1. The molecule has 0 spiro atoms. The number of likely N-dealkylation sites (tertiary alicyclic amines) is 1. The molecule has 158 valence electrons. The van der Waals surface area contributed by atoms with Crippen molar-refractivity contribution in [3.8, 4) is 0 Å². The Morgan fingerprint density at radius 2 is 1.97 bits per heavy atom. The van der Waals surface area contributed by atoms with E-state index in [0.29, 0.717) is 5.13 Å². The number of thiazole rings is 1. The van der Waals surface area contributed by atoms with Crippen LogP contribution in [0.15, 0.2) is 27.2 Å². The Balaban J connectivity index is 1.50. The van der Waals surface area contributed by atoms with Crippen molar-refractivity contribution >= 4 is 33.4 Å². The predicted octanol–water partition coefficient (Wildman–Crippen LogP) is 1.57. The molecular weight excluding hydrogens is 404 g/mol. The number of piperidine rings is 1. The number of carbonyl (C=O) groups is 1. The Kier molecular flexibility index (Phi) is 5.52. The Hall–Kier alpha value is -2.85. The van der Waals surface area contributed by atoms with Crippen molar-refractivity contribution in [2.24, 2.45) is 20.0 Å². The van der Waals surface area contributed by atoms with Crippen LogP contribution in [-0.4, -0.2) is 43.0 Å². The van der Waals surface area contributed by atoms with Crippen molar-refractivity contribution in [3.05, 3.63) is 49.7 Å². The van der Waals surface area contributed by atoms with Gasteiger partial charge in [0.1, 0.15) is 5.65 Å². The quantitative estimate of drug-likeness (QED) is 0.677. The lowest BCUT2D eigenvalue weighted by Crippen LogP contribution is -2.37. The second kappa shape index (κ2) is 8.11. The molecule has 4 heterocycles. The van der Waals surface area contributed by atoms with Crippen LogP contribution in [-0.2, 0) is 20.6 Å². The van der Waals surface area contributed by atoms with E-state index in [2.05, 4.69) is 27.1 Å². The predicted molar refractivity (Wildman–Crippen MR) is 116 cm³/mol. The molecular formula is C20H24N6O3S. The first-order valence-electron chi connectivity index (χ1n) is 9.87. The monoisotopic (exact) mass is 428 g/mol. The van der Waals surface area contributed by atoms with Crippen molar-refractivity contribution in [2.45, 2.75) is 26.3 Å². The van der Waals surface area contributed by atoms with Gasteiger partial charge in [-0.2, -0.15) is 0 Å². The Morgan fingerprint density at radius 3 is 2.70 bits per heavy atom. The van der Waals surface area contributed by atoms with Crippen molar-refractivity contribution in [3.63, 3.8) is 0 Å². The minimum Gasteiger partial charge on any atom is -0.298 e. The van der Waals surface area contributed by atoms with Crippen LogP contribution in [0.1, 0.15) is 35.8 Å². The number of anilines is 1. The fourth-order valence-corrected chi connectivity index (χ4v) is 4.34. The Labute approximate surface area is 177 Å². The van der Waals surface area contributed by atoms with Gasteiger partial charge in [-0.3, -0.25) is 28.9 Å². The molecule has 1 amide bonds. The molecule has 3 aromatic heterocycles. The van der Waals surface area contributed by atoms with Gasteiger partial charge in [0.15, 0.2) is 5.13 Å². The van der Waals surface area contributed by atoms with Crippen LogP contribution in [0.5, 0.6) is 0 Å². The maximum absolute atomic E-state index is 12.7. The molecule has 9 nitrogen and oxygen atoms in total. The third-order valence-electron chi connectivity index (χ3n) is 5.59. The zero-order valence-electron chi connectivity index (χ0n) is 17.2. The number of nitrogens with one attached hydrogen (secondary N) is 1. The molecule has 0 bridgehead atoms. The lowest BCUT2D eigenvalue weighted by Gasteiger charge is -2.29. The highest BCUT2D eigenvalue weighted by Gasteiger charge is 2.18. The number of fused-ring (bicyclic) bond motifs is 1. The average molecular weight is 429 g/mol. The first kappa shape index (κ1) is 20.4. The van der Waals surface area contributed by atoms with Gasteiger partial charge >= 0.3 is 5.69 Å². The van der Waals surface area contributed by atoms with Gasteiger partial charge in [0, 0.05) is 32.2 Å². The van der Waals surface area contributed by atoms with E-state index in [9.17, 15) is 14.4 Å². The normalized spacial score (nSPS) is 15.6. The van der Waals surface area contributed by atoms with Crippen molar-refractivity contribution in [1.29, 1.82) is 0 Å². The molecule has 1 aliphatic rings. The van der Waals surface area contributed by atoms with Crippen LogP contribution in [0, 0.1) is 5.92 Å². The van der Waals surface area contributed by atoms with E-state index in [-0.39, 0.29) is 16.6 Å². The molecule has 0 aromatic carbocycles. The summed E-state index contributed by atoms with van der Waals surface area (Å²) in [6.07, 6.45) is 3.77. The molecule has 0 saturated carbocycles. The second-order valence-electron chi connectivity index (χ2n) is 7.86. The van der Waals surface area contributed by atoms with Gasteiger partial charge in [0.25, 0.3) is 11.5 Å². The van der Waals surface area contributed by atoms with Crippen molar-refractivity contribution in [1.82, 2.24) is 24.0 Å². The van der Waals surface area contributed by atoms with Gasteiger partial charge in [0.05, 0.1) is 16.6 Å². The van der Waals surface area contributed by atoms with Gasteiger partial charge in [-0.15, -0.1) is 11.3 Å². The first-order valence-corrected chi connectivity index (χ1v) is 10.8. The zero-order chi connectivity index (χ0) is 21.4. The Morgan fingerprint density at radius 1 is 1.23 bits per heavy atom. The lowest BCUT2D eigenvalue weighted by molar-refractivity contribution is 0.102. The number of aryl methyl sites for hydroxylation is 1. The van der Waals surface area contributed by atoms with Gasteiger partial charge < -0.3 is 0 Å². The first-order chi connectivity index (χ1) is 14.3. The van der Waals surface area contributed by atoms with Crippen LogP contribution in [0.4, 0.5) is 5.13 Å². The molecule has 1 aliphatic heterocycles. The summed E-state index contributed by atoms with van der Waals surface area (Å²) in [6, 6.07) is 1.46. The number of nitrogens with zero attached hydrogens (tertiary/aromatic N) is 5. The number of hydrogen-bond acceptors (Lipinski definition) is 7. The fraction of sp³-hybridized carbons (Fsp3) is 0.450. The summed E-state index contributed by atoms with van der Waals surface area (Å²) in [5.41, 5.74) is 0.468. The van der Waals surface area contributed by atoms with Crippen LogP contribution >= 0.6 is 11.3 Å². The van der Waals surface area contributed by atoms with Crippen LogP contribution in [0.2, 0.25) is 0 Å². The minimum atomic E-state index is -0.484. The average Bonchev–Trinajstić information content (AvgIpc) is 3.18. The molecule has 0 aliphatic carbocycles. The van der Waals surface area contributed by atoms with E-state index in [0.717, 1.165) is 35.8 Å². The van der Waals surface area contributed by atoms with E-state index in [4.69, 9.17) is 0 Å². The van der Waals surface area contributed by atoms with Crippen molar-refractivity contribution in [2.75, 3.05) is 18.4 Å². The van der Waals surface area contributed by atoms with Gasteiger partial charge in [-0.25, -0.2) is 14.8 Å². The minimum absolute atomic E-state index is 0.214. The van der Waals surface area contributed by atoms with E-state index in [1.54, 1.807) is 0 Å². The number of carbonyl (C=O) groups excluding carboxylic acids is 1. The highest BCUT2D eigenvalue weighted by molar-refractivity contribution is 7.14. The summed E-state index contributed by atoms with van der Waals surface area (Å²) in [4.78, 5) is 48.2. The molecule has 1 N–H and O–H groups in total. The van der Waals surface area contributed by atoms with Gasteiger partial charge in [-0.05, 0) is 37.9 Å². The summed E-state index contributed by atoms with van der Waals surface area (Å²) in [6.45, 7) is 5.20. The van der Waals surface area contributed by atoms with E-state index in [1.807, 2.05) is 5.38 Å². The molecule has 4 rings (SSSR count). The van der Waals surface area contributed by atoms with Crippen LogP contribution in [0.3, 0.4) is 0 Å². The molecule has 0 atom stereocenters. The molecule has 1 fully saturated rings. The van der Waals surface area contributed by atoms with E-state index in [1.165, 1.54) is 55.1 Å². The third-order valence-corrected chi connectivity index (χ3v) is 6.40. The molecule has 30 heavy (non-hydrogen) atoms. The lowest BCUT2D eigenvalue weighted by atomic mass is 9.99. The fourth-order valence-electron chi connectivity index (χ4n) is 3.65. The summed E-state index contributed by atoms with van der Waals surface area (Å²) in [5, 5.41) is 5.46. The standard InChI is InChI=1S/C20H24N6O3S/c1-12-4-6-26(7-5-12)10-14-11-30-19(22-14)23-17(27)13-8-15-16(21-9-13)24(2)20(29)25(3)18(15)28/h8-9,11-12H,4-7,10H2,1-3H3,(H,22,23,27). The number of hydrogen-bond donors (Lipinski definition) is 1. The molecule has 3 aromatic rings. The van der Waals surface area contributed by atoms with Gasteiger partial charge in [-0.1, -0.05) is 6.92 Å². The number of pyridine rings is 1. The summed E-state index contributed by atoms with van der Waals surface area (Å²) >= 11 is 1.37. The maximum Gasteiger partial charge on any atom is 0.332 e. The van der Waals surface area contributed by atoms with Gasteiger partial charge in [0.2, 0.25) is 0 Å². The van der Waals surface area contributed by atoms with Crippen LogP contribution < -0.4 is 16.6 Å². The highest BCUT2D eigenvalue weighted by Crippen LogP contribution is 2.21. The van der Waals surface area contributed by atoms with Crippen molar-refractivity contribution < 1.29 is 4.79 Å². The molecule has 10 heteroatoms. The summed E-state index contributed by atoms with van der Waals surface area (Å²) < 4.78 is 2.28. The maximum atomic E-state index is 12.7. The Bertz CT molecular complexity index is 1220. The summed E-state index contributed by atoms with van der Waals surface area (Å²) in [5.74, 6) is 0.384. The smallest absolute Gasteiger partial charge is 0.298 e. The second-order valence-corrected chi connectivity index (χ2v) is 8.72. The molecule has 0 radical (unpaired) electrons. The highest BCUT2D eigenvalue weighted by atomic mass is 32.1. The molecule has 1 saturated heterocycles. The van der Waals surface area contributed by atoms with Crippen LogP contribution in [0.25, 0.3) is 11.0 Å². The zero-order valence-corrected chi connectivity index (χ0v) is 18.0. The number of aromatic nitrogens is 4. The third kappa shape index (κ3) is 3.92. The van der Waals surface area contributed by atoms with E-state index >= 15 is 0 Å². The summed E-state index contributed by atoms with van der Waals surface area (Å²) in [7, 11) is 2.94. The largest absolute Gasteiger partial charge is 0.332 e. The van der Waals surface area contributed by atoms with E-state index < -0.39 is 17.2 Å². The number of amides is 1. The molecule has 0 unspecified atom stereocenters. The number of rotatable bonds is 4. The topological polar surface area (TPSA) is 102 Å².